The van der Waals surface area contributed by atoms with Crippen molar-refractivity contribution in [1.29, 1.82) is 0 Å². The van der Waals surface area contributed by atoms with E-state index in [1.54, 1.807) is 30.3 Å². The van der Waals surface area contributed by atoms with Crippen molar-refractivity contribution in [2.24, 2.45) is 5.73 Å². The molecular formula is C21H31N5O9. The number of ether oxygens (including phenoxy) is 4. The van der Waals surface area contributed by atoms with E-state index in [1.165, 1.54) is 27.7 Å². The third kappa shape index (κ3) is 9.00. The molecule has 4 amide bonds. The van der Waals surface area contributed by atoms with Crippen LogP contribution < -0.4 is 21.8 Å². The van der Waals surface area contributed by atoms with Crippen molar-refractivity contribution in [2.75, 3.05) is 20.3 Å². The summed E-state index contributed by atoms with van der Waals surface area (Å²) in [4.78, 5) is 63.3. The number of amides is 4. The molecule has 0 spiro atoms. The number of nitrogens with zero attached hydrogens (tertiary/aromatic N) is 1. The number of nitrogens with two attached hydrogens (primary N) is 1. The van der Waals surface area contributed by atoms with Crippen molar-refractivity contribution < 1.29 is 42.9 Å². The van der Waals surface area contributed by atoms with Crippen LogP contribution in [-0.2, 0) is 35.1 Å². The molecule has 0 fully saturated rings. The summed E-state index contributed by atoms with van der Waals surface area (Å²) in [5.41, 5.74) is 6.83. The van der Waals surface area contributed by atoms with Gasteiger partial charge in [0.1, 0.15) is 12.2 Å². The minimum Gasteiger partial charge on any atom is -0.455 e. The van der Waals surface area contributed by atoms with E-state index in [0.717, 1.165) is 7.11 Å². The number of hydrogen-bond acceptors (Lipinski definition) is 10. The van der Waals surface area contributed by atoms with Crippen molar-refractivity contribution in [3.63, 3.8) is 0 Å². The molecule has 0 saturated carbocycles. The molecule has 194 valence electrons. The third-order valence-corrected chi connectivity index (χ3v) is 3.90. The number of methoxy groups -OCH3 is 1. The van der Waals surface area contributed by atoms with Crippen LogP contribution in [-0.4, -0.2) is 66.8 Å². The second-order valence-electron chi connectivity index (χ2n) is 7.78. The molecule has 1 rings (SSSR count). The highest BCUT2D eigenvalue weighted by molar-refractivity contribution is 5.94. The average Bonchev–Trinajstić information content (AvgIpc) is 2.79. The smallest absolute Gasteiger partial charge is 0.426 e. The predicted molar refractivity (Wildman–Crippen MR) is 120 cm³/mol. The fourth-order valence-corrected chi connectivity index (χ4v) is 2.47. The number of nitrogens with one attached hydrogen (secondary N) is 3. The highest BCUT2D eigenvalue weighted by atomic mass is 16.6. The van der Waals surface area contributed by atoms with Gasteiger partial charge >= 0.3 is 30.0 Å². The molecule has 1 aromatic carbocycles. The summed E-state index contributed by atoms with van der Waals surface area (Å²) in [5, 5.41) is 4.41. The van der Waals surface area contributed by atoms with E-state index in [9.17, 15) is 24.0 Å². The fourth-order valence-electron chi connectivity index (χ4n) is 2.47. The minimum absolute atomic E-state index is 0.135. The molecule has 0 aromatic heterocycles. The first-order valence-corrected chi connectivity index (χ1v) is 10.4. The van der Waals surface area contributed by atoms with E-state index in [2.05, 4.69) is 15.4 Å². The molecule has 14 nitrogen and oxygen atoms in total. The Labute approximate surface area is 202 Å². The van der Waals surface area contributed by atoms with Crippen LogP contribution in [0.15, 0.2) is 30.3 Å². The van der Waals surface area contributed by atoms with Crippen LogP contribution in [0.5, 0.6) is 0 Å². The van der Waals surface area contributed by atoms with Gasteiger partial charge in [-0.15, -0.1) is 0 Å². The quantitative estimate of drug-likeness (QED) is 0.172. The second-order valence-corrected chi connectivity index (χ2v) is 7.78. The van der Waals surface area contributed by atoms with Crippen LogP contribution >= 0.6 is 0 Å². The SMILES string of the molecule is CCOC(=O)NC(NC(=O)OCc1ccccc1)(C(=O)OC(C)(C)C)N(NC(=O)OC)C(=O)CN. The number of benzene rings is 1. The Morgan fingerprint density at radius 1 is 0.943 bits per heavy atom. The van der Waals surface area contributed by atoms with Crippen molar-refractivity contribution >= 4 is 30.2 Å². The van der Waals surface area contributed by atoms with Gasteiger partial charge < -0.3 is 24.7 Å². The summed E-state index contributed by atoms with van der Waals surface area (Å²) >= 11 is 0. The molecule has 0 bridgehead atoms. The lowest BCUT2D eigenvalue weighted by Crippen LogP contribution is -2.79. The van der Waals surface area contributed by atoms with Crippen molar-refractivity contribution in [2.45, 2.75) is 45.7 Å². The molecule has 1 unspecified atom stereocenters. The van der Waals surface area contributed by atoms with Crippen LogP contribution in [0.3, 0.4) is 0 Å². The Bertz CT molecular complexity index is 904. The molecule has 0 aliphatic heterocycles. The van der Waals surface area contributed by atoms with Gasteiger partial charge in [-0.05, 0) is 33.3 Å². The number of hydrazine groups is 1. The van der Waals surface area contributed by atoms with Gasteiger partial charge in [-0.25, -0.2) is 24.6 Å². The molecule has 1 atom stereocenters. The molecule has 0 radical (unpaired) electrons. The van der Waals surface area contributed by atoms with Gasteiger partial charge in [-0.2, -0.15) is 5.01 Å². The van der Waals surface area contributed by atoms with Gasteiger partial charge in [0.15, 0.2) is 0 Å². The van der Waals surface area contributed by atoms with Crippen LogP contribution in [0.25, 0.3) is 0 Å². The standard InChI is InChI=1S/C21H31N5O9/c1-6-33-17(29)23-21(16(28)35-20(2,3)4,26(15(27)12-22)25-19(31)32-5)24-18(30)34-13-14-10-8-7-9-11-14/h7-11H,6,12-13,22H2,1-5H3,(H,23,29)(H,24,30)(H,25,31). The molecule has 0 heterocycles. The Morgan fingerprint density at radius 2 is 1.51 bits per heavy atom. The minimum atomic E-state index is -2.89. The zero-order valence-corrected chi connectivity index (χ0v) is 20.2. The topological polar surface area (TPSA) is 188 Å². The maximum absolute atomic E-state index is 13.4. The monoisotopic (exact) mass is 497 g/mol. The van der Waals surface area contributed by atoms with Crippen LogP contribution in [0.1, 0.15) is 33.3 Å². The molecule has 0 aliphatic rings. The van der Waals surface area contributed by atoms with Crippen LogP contribution in [0.4, 0.5) is 14.4 Å². The number of carbonyl (C=O) groups excluding carboxylic acids is 5. The number of alkyl carbamates (subject to hydrolysis) is 2. The summed E-state index contributed by atoms with van der Waals surface area (Å²) in [7, 11) is 0.982. The average molecular weight is 498 g/mol. The maximum atomic E-state index is 13.4. The lowest BCUT2D eigenvalue weighted by atomic mass is 10.2. The van der Waals surface area contributed by atoms with E-state index in [4.69, 9.17) is 19.9 Å². The van der Waals surface area contributed by atoms with E-state index >= 15 is 0 Å². The summed E-state index contributed by atoms with van der Waals surface area (Å²) in [6.45, 7) is 4.84. The Hall–Kier alpha value is -4.07. The molecule has 5 N–H and O–H groups in total. The van der Waals surface area contributed by atoms with E-state index in [1.807, 2.05) is 5.43 Å². The summed E-state index contributed by atoms with van der Waals surface area (Å²) < 4.78 is 19.8. The highest BCUT2D eigenvalue weighted by Gasteiger charge is 2.54. The third-order valence-electron chi connectivity index (χ3n) is 3.90. The first-order chi connectivity index (χ1) is 16.4. The summed E-state index contributed by atoms with van der Waals surface area (Å²) in [6, 6.07) is 8.54. The lowest BCUT2D eigenvalue weighted by Gasteiger charge is -2.41. The molecule has 35 heavy (non-hydrogen) atoms. The zero-order valence-electron chi connectivity index (χ0n) is 20.2. The van der Waals surface area contributed by atoms with E-state index < -0.39 is 48.1 Å². The largest absolute Gasteiger partial charge is 0.455 e. The van der Waals surface area contributed by atoms with E-state index in [-0.39, 0.29) is 18.2 Å². The number of carbonyl (C=O) groups is 5. The molecule has 0 saturated heterocycles. The molecular weight excluding hydrogens is 466 g/mol. The van der Waals surface area contributed by atoms with Crippen LogP contribution in [0, 0.1) is 0 Å². The van der Waals surface area contributed by atoms with Gasteiger partial charge in [-0.1, -0.05) is 30.3 Å². The normalized spacial score (nSPS) is 12.3. The van der Waals surface area contributed by atoms with Crippen molar-refractivity contribution in [1.82, 2.24) is 21.1 Å². The number of esters is 1. The molecule has 1 aromatic rings. The summed E-state index contributed by atoms with van der Waals surface area (Å²) in [6.07, 6.45) is -3.74. The zero-order chi connectivity index (χ0) is 26.6. The Morgan fingerprint density at radius 3 is 2.00 bits per heavy atom. The van der Waals surface area contributed by atoms with Gasteiger partial charge in [0.2, 0.25) is 0 Å². The lowest BCUT2D eigenvalue weighted by molar-refractivity contribution is -0.182. The van der Waals surface area contributed by atoms with Crippen molar-refractivity contribution in [3.8, 4) is 0 Å². The Kier molecular flexibility index (Phi) is 10.7. The molecule has 14 heteroatoms. The first kappa shape index (κ1) is 29.0. The number of hydrogen-bond donors (Lipinski definition) is 4. The Balaban J connectivity index is 3.53. The fraction of sp³-hybridized carbons (Fsp3) is 0.476. The molecule has 0 aliphatic carbocycles. The highest BCUT2D eigenvalue weighted by Crippen LogP contribution is 2.18. The van der Waals surface area contributed by atoms with Gasteiger partial charge in [0.05, 0.1) is 20.3 Å². The van der Waals surface area contributed by atoms with Crippen molar-refractivity contribution in [3.05, 3.63) is 35.9 Å². The van der Waals surface area contributed by atoms with E-state index in [0.29, 0.717) is 5.56 Å². The maximum Gasteiger partial charge on any atom is 0.426 e. The first-order valence-electron chi connectivity index (χ1n) is 10.4. The second kappa shape index (κ2) is 13.0. The van der Waals surface area contributed by atoms with Gasteiger partial charge in [0.25, 0.3) is 5.91 Å². The van der Waals surface area contributed by atoms with Gasteiger partial charge in [0, 0.05) is 0 Å². The summed E-state index contributed by atoms with van der Waals surface area (Å²) in [5.74, 6) is -5.40. The van der Waals surface area contributed by atoms with Crippen LogP contribution in [0.2, 0.25) is 0 Å². The number of rotatable bonds is 8. The predicted octanol–water partition coefficient (Wildman–Crippen LogP) is 0.713. The van der Waals surface area contributed by atoms with Gasteiger partial charge in [-0.3, -0.25) is 15.4 Å².